The van der Waals surface area contributed by atoms with Crippen LogP contribution in [0.3, 0.4) is 0 Å². The zero-order chi connectivity index (χ0) is 12.4. The van der Waals surface area contributed by atoms with Crippen molar-refractivity contribution in [2.75, 3.05) is 11.1 Å². The van der Waals surface area contributed by atoms with Crippen molar-refractivity contribution in [2.24, 2.45) is 0 Å². The third-order valence-electron chi connectivity index (χ3n) is 2.37. The van der Waals surface area contributed by atoms with Crippen molar-refractivity contribution in [2.45, 2.75) is 6.92 Å². The summed E-state index contributed by atoms with van der Waals surface area (Å²) >= 11 is 12.0. The Morgan fingerprint density at radius 1 is 1.29 bits per heavy atom. The van der Waals surface area contributed by atoms with E-state index in [-0.39, 0.29) is 0 Å². The Bertz CT molecular complexity index is 555. The second-order valence-corrected chi connectivity index (χ2v) is 4.44. The largest absolute Gasteiger partial charge is 0.397 e. The van der Waals surface area contributed by atoms with E-state index in [9.17, 15) is 0 Å². The Labute approximate surface area is 110 Å². The fraction of sp³-hybridized carbons (Fsp3) is 0.0833. The van der Waals surface area contributed by atoms with Gasteiger partial charge in [0.15, 0.2) is 0 Å². The topological polar surface area (TPSA) is 50.9 Å². The zero-order valence-corrected chi connectivity index (χ0v) is 10.7. The number of halogens is 2. The van der Waals surface area contributed by atoms with Crippen LogP contribution in [0.25, 0.3) is 0 Å². The fourth-order valence-corrected chi connectivity index (χ4v) is 1.72. The van der Waals surface area contributed by atoms with E-state index in [1.807, 2.05) is 25.1 Å². The Morgan fingerprint density at radius 2 is 2.06 bits per heavy atom. The van der Waals surface area contributed by atoms with Crippen LogP contribution >= 0.6 is 23.2 Å². The molecule has 0 amide bonds. The molecule has 0 atom stereocenters. The van der Waals surface area contributed by atoms with Crippen molar-refractivity contribution in [1.82, 2.24) is 4.98 Å². The lowest BCUT2D eigenvalue weighted by molar-refractivity contribution is 1.28. The van der Waals surface area contributed by atoms with Crippen LogP contribution in [-0.2, 0) is 0 Å². The van der Waals surface area contributed by atoms with Gasteiger partial charge in [0.05, 0.1) is 27.6 Å². The number of pyridine rings is 1. The Kier molecular flexibility index (Phi) is 3.41. The van der Waals surface area contributed by atoms with Crippen LogP contribution in [0.1, 0.15) is 5.56 Å². The van der Waals surface area contributed by atoms with E-state index in [0.717, 1.165) is 11.3 Å². The molecule has 0 aliphatic carbocycles. The minimum Gasteiger partial charge on any atom is -0.397 e. The van der Waals surface area contributed by atoms with E-state index in [2.05, 4.69) is 10.3 Å². The van der Waals surface area contributed by atoms with Crippen molar-refractivity contribution in [3.63, 3.8) is 0 Å². The monoisotopic (exact) mass is 267 g/mol. The summed E-state index contributed by atoms with van der Waals surface area (Å²) < 4.78 is 0. The molecule has 3 nitrogen and oxygen atoms in total. The van der Waals surface area contributed by atoms with Crippen LogP contribution in [0.15, 0.2) is 30.5 Å². The van der Waals surface area contributed by atoms with Gasteiger partial charge in [0.2, 0.25) is 0 Å². The summed E-state index contributed by atoms with van der Waals surface area (Å²) in [5.74, 6) is 0.681. The minimum atomic E-state index is 0.477. The highest BCUT2D eigenvalue weighted by molar-refractivity contribution is 6.43. The van der Waals surface area contributed by atoms with Gasteiger partial charge in [0, 0.05) is 0 Å². The highest BCUT2D eigenvalue weighted by Gasteiger charge is 2.05. The number of hydrogen-bond acceptors (Lipinski definition) is 3. The maximum absolute atomic E-state index is 6.07. The number of hydrogen-bond donors (Lipinski definition) is 2. The van der Waals surface area contributed by atoms with Gasteiger partial charge in [-0.25, -0.2) is 4.98 Å². The summed E-state index contributed by atoms with van der Waals surface area (Å²) in [6.45, 7) is 1.92. The molecule has 3 N–H and O–H groups in total. The highest BCUT2D eigenvalue weighted by atomic mass is 35.5. The van der Waals surface area contributed by atoms with Gasteiger partial charge in [-0.05, 0) is 30.7 Å². The van der Waals surface area contributed by atoms with Crippen LogP contribution in [-0.4, -0.2) is 4.98 Å². The first-order chi connectivity index (χ1) is 8.08. The molecule has 1 heterocycles. The Balaban J connectivity index is 2.31. The van der Waals surface area contributed by atoms with E-state index < -0.39 is 0 Å². The van der Waals surface area contributed by atoms with Crippen LogP contribution in [0.4, 0.5) is 17.2 Å². The lowest BCUT2D eigenvalue weighted by Crippen LogP contribution is -1.97. The molecule has 2 rings (SSSR count). The molecule has 5 heteroatoms. The van der Waals surface area contributed by atoms with Crippen molar-refractivity contribution < 1.29 is 0 Å². The quantitative estimate of drug-likeness (QED) is 0.864. The molecule has 0 saturated carbocycles. The molecule has 1 aromatic carbocycles. The van der Waals surface area contributed by atoms with Gasteiger partial charge < -0.3 is 11.1 Å². The third-order valence-corrected chi connectivity index (χ3v) is 3.18. The molecule has 0 radical (unpaired) electrons. The van der Waals surface area contributed by atoms with E-state index >= 15 is 0 Å². The number of nitrogen functional groups attached to an aromatic ring is 1. The SMILES string of the molecule is Cc1cc(Nc2cccc(Cl)c2Cl)ncc1N. The van der Waals surface area contributed by atoms with Gasteiger partial charge in [0.25, 0.3) is 0 Å². The van der Waals surface area contributed by atoms with E-state index in [0.29, 0.717) is 21.6 Å². The lowest BCUT2D eigenvalue weighted by Gasteiger charge is -2.09. The molecule has 0 aliphatic heterocycles. The maximum Gasteiger partial charge on any atom is 0.130 e. The predicted octanol–water partition coefficient (Wildman–Crippen LogP) is 4.02. The Morgan fingerprint density at radius 3 is 2.76 bits per heavy atom. The summed E-state index contributed by atoms with van der Waals surface area (Å²) in [6.07, 6.45) is 1.61. The third kappa shape index (κ3) is 2.62. The van der Waals surface area contributed by atoms with Crippen LogP contribution < -0.4 is 11.1 Å². The number of aryl methyl sites for hydroxylation is 1. The Hall–Kier alpha value is -1.45. The smallest absolute Gasteiger partial charge is 0.130 e. The van der Waals surface area contributed by atoms with E-state index in [1.165, 1.54) is 0 Å². The molecule has 2 aromatic rings. The molecule has 0 aliphatic rings. The molecule has 0 fully saturated rings. The lowest BCUT2D eigenvalue weighted by atomic mass is 10.2. The summed E-state index contributed by atoms with van der Waals surface area (Å²) in [6, 6.07) is 7.24. The maximum atomic E-state index is 6.07. The van der Waals surface area contributed by atoms with Crippen LogP contribution in [0.5, 0.6) is 0 Å². The molecule has 0 unspecified atom stereocenters. The molecule has 1 aromatic heterocycles. The van der Waals surface area contributed by atoms with Crippen LogP contribution in [0, 0.1) is 6.92 Å². The van der Waals surface area contributed by atoms with Gasteiger partial charge in [0.1, 0.15) is 5.82 Å². The fourth-order valence-electron chi connectivity index (χ4n) is 1.37. The van der Waals surface area contributed by atoms with Crippen LogP contribution in [0.2, 0.25) is 10.0 Å². The number of nitrogens with zero attached hydrogens (tertiary/aromatic N) is 1. The second-order valence-electron chi connectivity index (χ2n) is 3.65. The van der Waals surface area contributed by atoms with Gasteiger partial charge >= 0.3 is 0 Å². The number of nitrogens with two attached hydrogens (primary N) is 1. The standard InChI is InChI=1S/C12H11Cl2N3/c1-7-5-11(16-6-9(7)15)17-10-4-2-3-8(13)12(10)14/h2-6H,15H2,1H3,(H,16,17). The average molecular weight is 268 g/mol. The zero-order valence-electron chi connectivity index (χ0n) is 9.17. The first kappa shape index (κ1) is 12.0. The molecular weight excluding hydrogens is 257 g/mol. The molecule has 0 bridgehead atoms. The summed E-state index contributed by atoms with van der Waals surface area (Å²) in [5, 5.41) is 4.08. The molecule has 88 valence electrons. The second kappa shape index (κ2) is 4.82. The van der Waals surface area contributed by atoms with Crippen molar-refractivity contribution in [3.05, 3.63) is 46.1 Å². The average Bonchev–Trinajstić information content (AvgIpc) is 2.30. The highest BCUT2D eigenvalue weighted by Crippen LogP contribution is 2.31. The number of rotatable bonds is 2. The number of anilines is 3. The number of nitrogens with one attached hydrogen (secondary N) is 1. The van der Waals surface area contributed by atoms with E-state index in [4.69, 9.17) is 28.9 Å². The van der Waals surface area contributed by atoms with Gasteiger partial charge in [-0.2, -0.15) is 0 Å². The first-order valence-electron chi connectivity index (χ1n) is 5.01. The van der Waals surface area contributed by atoms with Crippen molar-refractivity contribution in [3.8, 4) is 0 Å². The summed E-state index contributed by atoms with van der Waals surface area (Å²) in [7, 11) is 0. The molecule has 0 saturated heterocycles. The van der Waals surface area contributed by atoms with E-state index in [1.54, 1.807) is 12.3 Å². The van der Waals surface area contributed by atoms with Gasteiger partial charge in [-0.3, -0.25) is 0 Å². The number of aromatic nitrogens is 1. The molecular formula is C12H11Cl2N3. The number of benzene rings is 1. The van der Waals surface area contributed by atoms with Crippen molar-refractivity contribution >= 4 is 40.4 Å². The van der Waals surface area contributed by atoms with Crippen molar-refractivity contribution in [1.29, 1.82) is 0 Å². The minimum absolute atomic E-state index is 0.477. The molecule has 17 heavy (non-hydrogen) atoms. The predicted molar refractivity (Wildman–Crippen MR) is 73.1 cm³/mol. The van der Waals surface area contributed by atoms with Gasteiger partial charge in [-0.15, -0.1) is 0 Å². The van der Waals surface area contributed by atoms with Gasteiger partial charge in [-0.1, -0.05) is 29.3 Å². The first-order valence-corrected chi connectivity index (χ1v) is 5.76. The normalized spacial score (nSPS) is 10.3. The summed E-state index contributed by atoms with van der Waals surface area (Å²) in [4.78, 5) is 4.17. The summed E-state index contributed by atoms with van der Waals surface area (Å²) in [5.41, 5.74) is 8.04. The molecule has 0 spiro atoms.